The van der Waals surface area contributed by atoms with Crippen molar-refractivity contribution in [1.29, 1.82) is 0 Å². The third-order valence-corrected chi connectivity index (χ3v) is 3.18. The molecule has 0 saturated carbocycles. The van der Waals surface area contributed by atoms with Crippen molar-refractivity contribution in [3.8, 4) is 0 Å². The second-order valence-electron chi connectivity index (χ2n) is 3.20. The van der Waals surface area contributed by atoms with Gasteiger partial charge in [0, 0.05) is 12.7 Å². The van der Waals surface area contributed by atoms with Gasteiger partial charge in [-0.25, -0.2) is 0 Å². The van der Waals surface area contributed by atoms with Crippen molar-refractivity contribution < 1.29 is 9.53 Å². The highest BCUT2D eigenvalue weighted by atomic mass is 32.2. The van der Waals surface area contributed by atoms with Gasteiger partial charge in [0.05, 0.1) is 0 Å². The van der Waals surface area contributed by atoms with E-state index in [2.05, 4.69) is 0 Å². The number of rotatable bonds is 1. The average molecular weight is 174 g/mol. The lowest BCUT2D eigenvalue weighted by atomic mass is 10.0. The Hall–Kier alpha value is -0.180. The molecule has 1 saturated heterocycles. The van der Waals surface area contributed by atoms with E-state index >= 15 is 0 Å². The fourth-order valence-electron chi connectivity index (χ4n) is 1.34. The van der Waals surface area contributed by atoms with Crippen molar-refractivity contribution in [1.82, 2.24) is 0 Å². The summed E-state index contributed by atoms with van der Waals surface area (Å²) in [5, 5.41) is 0. The summed E-state index contributed by atoms with van der Waals surface area (Å²) >= 11 is 1.87. The summed E-state index contributed by atoms with van der Waals surface area (Å²) in [4.78, 5) is 10.7. The van der Waals surface area contributed by atoms with E-state index in [4.69, 9.17) is 4.74 Å². The van der Waals surface area contributed by atoms with Gasteiger partial charge in [-0.2, -0.15) is 11.8 Å². The number of hydrogen-bond donors (Lipinski definition) is 0. The molecule has 1 atom stereocenters. The van der Waals surface area contributed by atoms with Crippen molar-refractivity contribution in [3.05, 3.63) is 0 Å². The van der Waals surface area contributed by atoms with Crippen molar-refractivity contribution in [2.75, 3.05) is 11.5 Å². The quantitative estimate of drug-likeness (QED) is 0.567. The van der Waals surface area contributed by atoms with Gasteiger partial charge in [-0.05, 0) is 25.5 Å². The summed E-state index contributed by atoms with van der Waals surface area (Å²) in [7, 11) is 0. The van der Waals surface area contributed by atoms with Crippen LogP contribution < -0.4 is 0 Å². The van der Waals surface area contributed by atoms with Gasteiger partial charge in [0.2, 0.25) is 0 Å². The summed E-state index contributed by atoms with van der Waals surface area (Å²) in [6.07, 6.45) is 2.17. The molecule has 3 heteroatoms. The molecule has 1 aliphatic rings. The first-order valence-electron chi connectivity index (χ1n) is 3.90. The number of hydrogen-bond acceptors (Lipinski definition) is 3. The van der Waals surface area contributed by atoms with Gasteiger partial charge < -0.3 is 4.74 Å². The molecule has 1 rings (SSSR count). The first-order chi connectivity index (χ1) is 5.12. The minimum absolute atomic E-state index is 0.157. The molecular formula is C8H14O2S. The van der Waals surface area contributed by atoms with Crippen LogP contribution in [0.15, 0.2) is 0 Å². The lowest BCUT2D eigenvalue weighted by Gasteiger charge is -2.32. The largest absolute Gasteiger partial charge is 0.459 e. The summed E-state index contributed by atoms with van der Waals surface area (Å²) in [5.41, 5.74) is -0.186. The van der Waals surface area contributed by atoms with Crippen molar-refractivity contribution in [3.63, 3.8) is 0 Å². The predicted molar refractivity (Wildman–Crippen MR) is 46.7 cm³/mol. The van der Waals surface area contributed by atoms with Crippen LogP contribution in [0.3, 0.4) is 0 Å². The van der Waals surface area contributed by atoms with Crippen LogP contribution in [0, 0.1) is 0 Å². The summed E-state index contributed by atoms with van der Waals surface area (Å²) in [6, 6.07) is 0. The Morgan fingerprint density at radius 1 is 1.64 bits per heavy atom. The molecule has 0 amide bonds. The first-order valence-corrected chi connectivity index (χ1v) is 5.05. The molecule has 0 aromatic carbocycles. The lowest BCUT2D eigenvalue weighted by molar-refractivity contribution is -0.153. The molecule has 0 N–H and O–H groups in total. The van der Waals surface area contributed by atoms with Gasteiger partial charge in [-0.3, -0.25) is 4.79 Å². The number of carbonyl (C=O) groups excluding carboxylic acids is 1. The van der Waals surface area contributed by atoms with Crippen molar-refractivity contribution in [2.24, 2.45) is 0 Å². The van der Waals surface area contributed by atoms with Crippen LogP contribution in [0.5, 0.6) is 0 Å². The maximum absolute atomic E-state index is 10.7. The molecule has 2 nitrogen and oxygen atoms in total. The molecule has 1 heterocycles. The Kier molecular flexibility index (Phi) is 2.82. The van der Waals surface area contributed by atoms with E-state index in [0.29, 0.717) is 0 Å². The van der Waals surface area contributed by atoms with Gasteiger partial charge in [-0.15, -0.1) is 0 Å². The van der Waals surface area contributed by atoms with E-state index in [9.17, 15) is 4.79 Å². The van der Waals surface area contributed by atoms with Crippen molar-refractivity contribution >= 4 is 17.7 Å². The van der Waals surface area contributed by atoms with Crippen LogP contribution in [-0.2, 0) is 9.53 Å². The topological polar surface area (TPSA) is 26.3 Å². The molecule has 0 aromatic heterocycles. The van der Waals surface area contributed by atoms with Crippen LogP contribution in [0.2, 0.25) is 0 Å². The molecule has 0 aliphatic carbocycles. The van der Waals surface area contributed by atoms with E-state index in [1.165, 1.54) is 12.7 Å². The minimum Gasteiger partial charge on any atom is -0.459 e. The number of ether oxygens (including phenoxy) is 1. The highest BCUT2D eigenvalue weighted by Gasteiger charge is 2.29. The average Bonchev–Trinajstić information content (AvgIpc) is 1.85. The molecule has 0 radical (unpaired) electrons. The van der Waals surface area contributed by atoms with Crippen molar-refractivity contribution in [2.45, 2.75) is 32.3 Å². The highest BCUT2D eigenvalue weighted by molar-refractivity contribution is 7.99. The smallest absolute Gasteiger partial charge is 0.303 e. The second kappa shape index (κ2) is 3.48. The molecule has 0 bridgehead atoms. The standard InChI is InChI=1S/C8H14O2S/c1-7(9)10-8(2)4-3-5-11-6-8/h3-6H2,1-2H3. The van der Waals surface area contributed by atoms with Crippen LogP contribution in [0.1, 0.15) is 26.7 Å². The van der Waals surface area contributed by atoms with Crippen LogP contribution in [-0.4, -0.2) is 23.1 Å². The third-order valence-electron chi connectivity index (χ3n) is 1.79. The summed E-state index contributed by atoms with van der Waals surface area (Å²) in [6.45, 7) is 3.49. The monoisotopic (exact) mass is 174 g/mol. The highest BCUT2D eigenvalue weighted by Crippen LogP contribution is 2.29. The maximum atomic E-state index is 10.7. The van der Waals surface area contributed by atoms with E-state index < -0.39 is 0 Å². The third kappa shape index (κ3) is 2.73. The van der Waals surface area contributed by atoms with Gasteiger partial charge in [0.25, 0.3) is 0 Å². The molecule has 1 fully saturated rings. The fourth-order valence-corrected chi connectivity index (χ4v) is 2.46. The number of thioether (sulfide) groups is 1. The molecule has 1 unspecified atom stereocenters. The number of carbonyl (C=O) groups is 1. The molecule has 64 valence electrons. The zero-order chi connectivity index (χ0) is 8.32. The van der Waals surface area contributed by atoms with Gasteiger partial charge in [0.1, 0.15) is 5.60 Å². The number of esters is 1. The SMILES string of the molecule is CC(=O)OC1(C)CCCSC1. The van der Waals surface area contributed by atoms with E-state index in [1.54, 1.807) is 0 Å². The second-order valence-corrected chi connectivity index (χ2v) is 4.30. The Morgan fingerprint density at radius 2 is 2.36 bits per heavy atom. The van der Waals surface area contributed by atoms with Gasteiger partial charge in [0.15, 0.2) is 0 Å². The van der Waals surface area contributed by atoms with Crippen LogP contribution in [0.4, 0.5) is 0 Å². The molecular weight excluding hydrogens is 160 g/mol. The zero-order valence-corrected chi connectivity index (χ0v) is 7.87. The van der Waals surface area contributed by atoms with Gasteiger partial charge in [-0.1, -0.05) is 0 Å². The molecule has 0 spiro atoms. The van der Waals surface area contributed by atoms with Crippen LogP contribution in [0.25, 0.3) is 0 Å². The normalized spacial score (nSPS) is 31.5. The van der Waals surface area contributed by atoms with E-state index in [1.807, 2.05) is 18.7 Å². The molecule has 11 heavy (non-hydrogen) atoms. The summed E-state index contributed by atoms with van der Waals surface area (Å²) in [5.74, 6) is 2.00. The Balaban J connectivity index is 2.43. The fraction of sp³-hybridized carbons (Fsp3) is 0.875. The molecule has 0 aromatic rings. The minimum atomic E-state index is -0.186. The maximum Gasteiger partial charge on any atom is 0.303 e. The van der Waals surface area contributed by atoms with E-state index in [0.717, 1.165) is 18.6 Å². The predicted octanol–water partition coefficient (Wildman–Crippen LogP) is 1.84. The Labute approximate surface area is 71.7 Å². The zero-order valence-electron chi connectivity index (χ0n) is 7.05. The molecule has 1 aliphatic heterocycles. The lowest BCUT2D eigenvalue weighted by Crippen LogP contribution is -2.36. The summed E-state index contributed by atoms with van der Waals surface area (Å²) < 4.78 is 5.22. The Bertz CT molecular complexity index is 150. The van der Waals surface area contributed by atoms with E-state index in [-0.39, 0.29) is 11.6 Å². The Morgan fingerprint density at radius 3 is 2.82 bits per heavy atom. The van der Waals surface area contributed by atoms with Gasteiger partial charge >= 0.3 is 5.97 Å². The van der Waals surface area contributed by atoms with Crippen LogP contribution >= 0.6 is 11.8 Å². The first kappa shape index (κ1) is 8.91.